The smallest absolute Gasteiger partial charge is 0.223 e. The second kappa shape index (κ2) is 10.1. The predicted octanol–water partition coefficient (Wildman–Crippen LogP) is 3.70. The van der Waals surface area contributed by atoms with Gasteiger partial charge in [0.1, 0.15) is 5.82 Å². The number of hydrogen-bond donors (Lipinski definition) is 2. The fourth-order valence-electron chi connectivity index (χ4n) is 3.52. The lowest BCUT2D eigenvalue weighted by Crippen LogP contribution is -2.34. The Bertz CT molecular complexity index is 784. The molecular weight excluding hydrogens is 372 g/mol. The summed E-state index contributed by atoms with van der Waals surface area (Å²) in [4.78, 5) is 21.7. The van der Waals surface area contributed by atoms with E-state index in [0.29, 0.717) is 19.0 Å². The minimum atomic E-state index is 0.185. The van der Waals surface area contributed by atoms with E-state index in [2.05, 4.69) is 41.5 Å². The number of fused-ring (bicyclic) bond motifs is 1. The number of carbonyl (C=O) groups is 1. The van der Waals surface area contributed by atoms with Crippen LogP contribution < -0.4 is 10.6 Å². The topological polar surface area (TPSA) is 84.7 Å². The maximum Gasteiger partial charge on any atom is 0.223 e. The van der Waals surface area contributed by atoms with Gasteiger partial charge in [-0.1, -0.05) is 51.8 Å². The molecule has 1 aliphatic carbocycles. The highest BCUT2D eigenvalue weighted by Crippen LogP contribution is 2.25. The van der Waals surface area contributed by atoms with Crippen molar-refractivity contribution < 1.29 is 4.79 Å². The van der Waals surface area contributed by atoms with Crippen molar-refractivity contribution in [2.24, 2.45) is 11.8 Å². The summed E-state index contributed by atoms with van der Waals surface area (Å²) >= 11 is 1.63. The van der Waals surface area contributed by atoms with E-state index in [1.54, 1.807) is 11.8 Å². The number of aromatic nitrogens is 4. The molecule has 1 saturated carbocycles. The first kappa shape index (κ1) is 20.9. The van der Waals surface area contributed by atoms with Gasteiger partial charge >= 0.3 is 0 Å². The lowest BCUT2D eigenvalue weighted by atomic mass is 9.89. The van der Waals surface area contributed by atoms with E-state index < -0.39 is 0 Å². The number of nitrogens with zero attached hydrogens (tertiary/aromatic N) is 4. The van der Waals surface area contributed by atoms with Gasteiger partial charge in [-0.05, 0) is 24.5 Å². The van der Waals surface area contributed by atoms with Gasteiger partial charge in [0.2, 0.25) is 5.91 Å². The third-order valence-corrected chi connectivity index (χ3v) is 5.76. The second-order valence-electron chi connectivity index (χ2n) is 7.79. The summed E-state index contributed by atoms with van der Waals surface area (Å²) in [5, 5.41) is 12.7. The lowest BCUT2D eigenvalue weighted by Gasteiger charge is -2.20. The largest absolute Gasteiger partial charge is 0.369 e. The number of carbonyl (C=O) groups excluding carboxylic acids is 1. The van der Waals surface area contributed by atoms with Crippen LogP contribution in [0.2, 0.25) is 0 Å². The first-order valence-electron chi connectivity index (χ1n) is 10.5. The third-order valence-electron chi connectivity index (χ3n) is 5.03. The molecule has 1 fully saturated rings. The summed E-state index contributed by atoms with van der Waals surface area (Å²) in [6.07, 6.45) is 7.46. The Morgan fingerprint density at radius 1 is 1.29 bits per heavy atom. The van der Waals surface area contributed by atoms with Crippen molar-refractivity contribution in [3.05, 3.63) is 6.20 Å². The van der Waals surface area contributed by atoms with Gasteiger partial charge in [0.25, 0.3) is 0 Å². The first-order valence-corrected chi connectivity index (χ1v) is 11.4. The average Bonchev–Trinajstić information content (AvgIpc) is 3.10. The number of rotatable bonds is 9. The Morgan fingerprint density at radius 2 is 2.07 bits per heavy atom. The van der Waals surface area contributed by atoms with Crippen LogP contribution in [0.5, 0.6) is 0 Å². The maximum atomic E-state index is 12.4. The molecule has 0 saturated heterocycles. The molecule has 0 radical (unpaired) electrons. The molecule has 154 valence electrons. The van der Waals surface area contributed by atoms with Crippen molar-refractivity contribution in [1.29, 1.82) is 0 Å². The molecule has 2 aromatic rings. The fourth-order valence-corrected chi connectivity index (χ4v) is 4.09. The van der Waals surface area contributed by atoms with E-state index in [0.717, 1.165) is 47.1 Å². The van der Waals surface area contributed by atoms with Crippen LogP contribution in [0.15, 0.2) is 11.4 Å². The molecular formula is C20H32N6OS. The number of thioether (sulfide) groups is 1. The van der Waals surface area contributed by atoms with Crippen LogP contribution in [-0.4, -0.2) is 44.5 Å². The molecule has 0 bridgehead atoms. The number of anilines is 1. The van der Waals surface area contributed by atoms with Crippen LogP contribution in [0.25, 0.3) is 11.0 Å². The zero-order valence-electron chi connectivity index (χ0n) is 17.2. The third kappa shape index (κ3) is 5.37. The summed E-state index contributed by atoms with van der Waals surface area (Å²) in [6, 6.07) is 0. The standard InChI is InChI=1S/C20H32N6OS/c1-4-28-20-24-17(22-12-14(2)3)16-13-23-26(18(16)25-20)11-10-21-19(27)15-8-6-5-7-9-15/h13-15H,4-12H2,1-3H3,(H,21,27)(H,22,24,25). The number of nitrogens with one attached hydrogen (secondary N) is 2. The normalized spacial score (nSPS) is 15.3. The second-order valence-corrected chi connectivity index (χ2v) is 9.02. The minimum Gasteiger partial charge on any atom is -0.369 e. The molecule has 0 atom stereocenters. The SMILES string of the molecule is CCSc1nc(NCC(C)C)c2cnn(CCNC(=O)C3CCCCC3)c2n1. The number of hydrogen-bond acceptors (Lipinski definition) is 6. The molecule has 1 aliphatic rings. The zero-order chi connectivity index (χ0) is 19.9. The van der Waals surface area contributed by atoms with E-state index in [-0.39, 0.29) is 11.8 Å². The van der Waals surface area contributed by atoms with Crippen molar-refractivity contribution in [3.8, 4) is 0 Å². The van der Waals surface area contributed by atoms with Crippen LogP contribution in [0, 0.1) is 11.8 Å². The summed E-state index contributed by atoms with van der Waals surface area (Å²) in [5.74, 6) is 2.65. The average molecular weight is 405 g/mol. The highest BCUT2D eigenvalue weighted by Gasteiger charge is 2.20. The Balaban J connectivity index is 1.69. The molecule has 2 N–H and O–H groups in total. The molecule has 1 amide bonds. The van der Waals surface area contributed by atoms with E-state index in [9.17, 15) is 4.79 Å². The van der Waals surface area contributed by atoms with Crippen LogP contribution in [-0.2, 0) is 11.3 Å². The van der Waals surface area contributed by atoms with Crippen molar-refractivity contribution in [1.82, 2.24) is 25.1 Å². The Labute approximate surface area is 171 Å². The van der Waals surface area contributed by atoms with Gasteiger partial charge in [-0.15, -0.1) is 0 Å². The molecule has 0 aromatic carbocycles. The first-order chi connectivity index (χ1) is 13.6. The van der Waals surface area contributed by atoms with Gasteiger partial charge in [0.15, 0.2) is 10.8 Å². The molecule has 0 spiro atoms. The van der Waals surface area contributed by atoms with Crippen molar-refractivity contribution in [2.45, 2.75) is 64.6 Å². The van der Waals surface area contributed by atoms with E-state index in [4.69, 9.17) is 4.98 Å². The molecule has 8 heteroatoms. The van der Waals surface area contributed by atoms with Gasteiger partial charge in [-0.3, -0.25) is 4.79 Å². The summed E-state index contributed by atoms with van der Waals surface area (Å²) < 4.78 is 1.87. The minimum absolute atomic E-state index is 0.185. The van der Waals surface area contributed by atoms with Crippen LogP contribution in [0.3, 0.4) is 0 Å². The Hall–Kier alpha value is -1.83. The molecule has 2 aromatic heterocycles. The molecule has 0 unspecified atom stereocenters. The molecule has 7 nitrogen and oxygen atoms in total. The van der Waals surface area contributed by atoms with Gasteiger partial charge in [0.05, 0.1) is 18.1 Å². The highest BCUT2D eigenvalue weighted by molar-refractivity contribution is 7.99. The lowest BCUT2D eigenvalue weighted by molar-refractivity contribution is -0.125. The van der Waals surface area contributed by atoms with Crippen LogP contribution >= 0.6 is 11.8 Å². The van der Waals surface area contributed by atoms with Crippen LogP contribution in [0.4, 0.5) is 5.82 Å². The summed E-state index contributed by atoms with van der Waals surface area (Å²) in [6.45, 7) is 8.47. The van der Waals surface area contributed by atoms with Gasteiger partial charge < -0.3 is 10.6 Å². The zero-order valence-corrected chi connectivity index (χ0v) is 18.0. The molecule has 3 rings (SSSR count). The van der Waals surface area contributed by atoms with E-state index >= 15 is 0 Å². The van der Waals surface area contributed by atoms with E-state index in [1.807, 2.05) is 10.9 Å². The van der Waals surface area contributed by atoms with E-state index in [1.165, 1.54) is 19.3 Å². The number of amides is 1. The molecule has 0 aliphatic heterocycles. The van der Waals surface area contributed by atoms with Gasteiger partial charge in [-0.25, -0.2) is 14.6 Å². The summed E-state index contributed by atoms with van der Waals surface area (Å²) in [7, 11) is 0. The summed E-state index contributed by atoms with van der Waals surface area (Å²) in [5.41, 5.74) is 0.823. The monoisotopic (exact) mass is 404 g/mol. The maximum absolute atomic E-state index is 12.4. The van der Waals surface area contributed by atoms with Crippen molar-refractivity contribution >= 4 is 34.5 Å². The fraction of sp³-hybridized carbons (Fsp3) is 0.700. The van der Waals surface area contributed by atoms with Crippen molar-refractivity contribution in [3.63, 3.8) is 0 Å². The quantitative estimate of drug-likeness (QED) is 0.490. The molecule has 2 heterocycles. The Morgan fingerprint density at radius 3 is 2.79 bits per heavy atom. The van der Waals surface area contributed by atoms with Crippen LogP contribution in [0.1, 0.15) is 52.9 Å². The van der Waals surface area contributed by atoms with Gasteiger partial charge in [-0.2, -0.15) is 5.10 Å². The van der Waals surface area contributed by atoms with Gasteiger partial charge in [0, 0.05) is 19.0 Å². The van der Waals surface area contributed by atoms with Crippen molar-refractivity contribution in [2.75, 3.05) is 24.2 Å². The Kier molecular flexibility index (Phi) is 7.53. The predicted molar refractivity (Wildman–Crippen MR) is 115 cm³/mol. The highest BCUT2D eigenvalue weighted by atomic mass is 32.2. The molecule has 28 heavy (non-hydrogen) atoms.